The number of aromatic nitrogens is 2. The molecule has 2 rings (SSSR count). The fourth-order valence-electron chi connectivity index (χ4n) is 2.18. The Kier molecular flexibility index (Phi) is 6.39. The van der Waals surface area contributed by atoms with Crippen molar-refractivity contribution in [2.75, 3.05) is 13.2 Å². The number of nitro groups is 1. The van der Waals surface area contributed by atoms with Crippen molar-refractivity contribution in [3.63, 3.8) is 0 Å². The SMILES string of the molecule is CCCCOc1ncncc1-c1cc(C(=O)OCC)ccc1[N+](=O)[O-]. The predicted octanol–water partition coefficient (Wildman–Crippen LogP) is 3.41. The number of hydrogen-bond acceptors (Lipinski definition) is 7. The minimum Gasteiger partial charge on any atom is -0.477 e. The highest BCUT2D eigenvalue weighted by Gasteiger charge is 2.22. The number of unbranched alkanes of at least 4 members (excludes halogenated alkanes) is 1. The van der Waals surface area contributed by atoms with Gasteiger partial charge in [0.15, 0.2) is 0 Å². The Morgan fingerprint density at radius 2 is 2.08 bits per heavy atom. The largest absolute Gasteiger partial charge is 0.477 e. The zero-order valence-electron chi connectivity index (χ0n) is 14.1. The Morgan fingerprint density at radius 1 is 1.28 bits per heavy atom. The van der Waals surface area contributed by atoms with Crippen LogP contribution in [0.1, 0.15) is 37.0 Å². The number of carbonyl (C=O) groups is 1. The minimum atomic E-state index is -0.552. The fourth-order valence-corrected chi connectivity index (χ4v) is 2.18. The van der Waals surface area contributed by atoms with Crippen LogP contribution in [0.4, 0.5) is 5.69 Å². The summed E-state index contributed by atoms with van der Waals surface area (Å²) in [5, 5.41) is 11.4. The normalized spacial score (nSPS) is 10.3. The summed E-state index contributed by atoms with van der Waals surface area (Å²) in [5.41, 5.74) is 0.619. The number of nitrogens with zero attached hydrogens (tertiary/aromatic N) is 3. The Bertz CT molecular complexity index is 764. The molecule has 0 spiro atoms. The molecule has 0 saturated carbocycles. The molecule has 0 aliphatic rings. The molecule has 0 aliphatic carbocycles. The lowest BCUT2D eigenvalue weighted by atomic mass is 10.0. The molecule has 8 nitrogen and oxygen atoms in total. The molecule has 1 aromatic carbocycles. The van der Waals surface area contributed by atoms with Crippen LogP contribution in [0.3, 0.4) is 0 Å². The van der Waals surface area contributed by atoms with Gasteiger partial charge in [0.2, 0.25) is 5.88 Å². The highest BCUT2D eigenvalue weighted by molar-refractivity contribution is 5.93. The first-order chi connectivity index (χ1) is 12.1. The lowest BCUT2D eigenvalue weighted by Gasteiger charge is -2.11. The Hall–Kier alpha value is -3.03. The van der Waals surface area contributed by atoms with Gasteiger partial charge in [-0.05, 0) is 25.5 Å². The van der Waals surface area contributed by atoms with Crippen LogP contribution in [0.15, 0.2) is 30.7 Å². The predicted molar refractivity (Wildman–Crippen MR) is 90.5 cm³/mol. The van der Waals surface area contributed by atoms with E-state index in [1.54, 1.807) is 6.92 Å². The zero-order chi connectivity index (χ0) is 18.2. The highest BCUT2D eigenvalue weighted by Crippen LogP contribution is 2.35. The van der Waals surface area contributed by atoms with E-state index in [-0.39, 0.29) is 29.3 Å². The Labute approximate surface area is 145 Å². The standard InChI is InChI=1S/C17H19N3O5/c1-3-5-8-25-16-14(10-18-11-19-16)13-9-12(17(21)24-4-2)6-7-15(13)20(22)23/h6-7,9-11H,3-5,8H2,1-2H3. The molecule has 0 amide bonds. The maximum atomic E-state index is 12.0. The second-order valence-corrected chi connectivity index (χ2v) is 5.15. The molecular formula is C17H19N3O5. The molecule has 2 aromatic rings. The van der Waals surface area contributed by atoms with Crippen molar-refractivity contribution in [1.29, 1.82) is 0 Å². The summed E-state index contributed by atoms with van der Waals surface area (Å²) in [6.45, 7) is 4.36. The van der Waals surface area contributed by atoms with E-state index < -0.39 is 10.9 Å². The maximum Gasteiger partial charge on any atom is 0.338 e. The smallest absolute Gasteiger partial charge is 0.338 e. The van der Waals surface area contributed by atoms with Gasteiger partial charge in [0, 0.05) is 12.3 Å². The Balaban J connectivity index is 2.50. The van der Waals surface area contributed by atoms with Crippen molar-refractivity contribution in [1.82, 2.24) is 9.97 Å². The molecule has 1 heterocycles. The zero-order valence-corrected chi connectivity index (χ0v) is 14.1. The van der Waals surface area contributed by atoms with Gasteiger partial charge >= 0.3 is 5.97 Å². The minimum absolute atomic E-state index is 0.164. The summed E-state index contributed by atoms with van der Waals surface area (Å²) < 4.78 is 10.6. The lowest BCUT2D eigenvalue weighted by Crippen LogP contribution is -2.06. The van der Waals surface area contributed by atoms with E-state index in [2.05, 4.69) is 9.97 Å². The second-order valence-electron chi connectivity index (χ2n) is 5.15. The molecular weight excluding hydrogens is 326 g/mol. The number of benzene rings is 1. The number of nitro benzene ring substituents is 1. The molecule has 0 bridgehead atoms. The van der Waals surface area contributed by atoms with Gasteiger partial charge in [-0.15, -0.1) is 0 Å². The topological polar surface area (TPSA) is 104 Å². The van der Waals surface area contributed by atoms with Crippen LogP contribution in [-0.2, 0) is 4.74 Å². The molecule has 25 heavy (non-hydrogen) atoms. The summed E-state index contributed by atoms with van der Waals surface area (Å²) in [4.78, 5) is 30.8. The van der Waals surface area contributed by atoms with Gasteiger partial charge in [0.25, 0.3) is 5.69 Å². The van der Waals surface area contributed by atoms with Crippen molar-refractivity contribution in [2.24, 2.45) is 0 Å². The Morgan fingerprint density at radius 3 is 2.76 bits per heavy atom. The van der Waals surface area contributed by atoms with Crippen LogP contribution in [0, 0.1) is 10.1 Å². The number of ether oxygens (including phenoxy) is 2. The number of hydrogen-bond donors (Lipinski definition) is 0. The molecule has 132 valence electrons. The molecule has 0 fully saturated rings. The first-order valence-corrected chi connectivity index (χ1v) is 7.97. The maximum absolute atomic E-state index is 12.0. The molecule has 0 radical (unpaired) electrons. The van der Waals surface area contributed by atoms with E-state index in [4.69, 9.17) is 9.47 Å². The lowest BCUT2D eigenvalue weighted by molar-refractivity contribution is -0.384. The van der Waals surface area contributed by atoms with E-state index in [1.807, 2.05) is 6.92 Å². The molecule has 0 atom stereocenters. The van der Waals surface area contributed by atoms with Crippen molar-refractivity contribution < 1.29 is 19.2 Å². The number of carbonyl (C=O) groups excluding carboxylic acids is 1. The third kappa shape index (κ3) is 4.50. The van der Waals surface area contributed by atoms with Gasteiger partial charge in [-0.1, -0.05) is 13.3 Å². The van der Waals surface area contributed by atoms with Crippen molar-refractivity contribution in [2.45, 2.75) is 26.7 Å². The fraction of sp³-hybridized carbons (Fsp3) is 0.353. The number of esters is 1. The molecule has 1 aromatic heterocycles. The summed E-state index contributed by atoms with van der Waals surface area (Å²) in [6.07, 6.45) is 4.52. The summed E-state index contributed by atoms with van der Waals surface area (Å²) >= 11 is 0. The molecule has 0 N–H and O–H groups in total. The first kappa shape index (κ1) is 18.3. The average Bonchev–Trinajstić information content (AvgIpc) is 2.62. The van der Waals surface area contributed by atoms with Crippen molar-refractivity contribution >= 4 is 11.7 Å². The molecule has 8 heteroatoms. The van der Waals surface area contributed by atoms with Crippen LogP contribution < -0.4 is 4.74 Å². The van der Waals surface area contributed by atoms with Gasteiger partial charge in [-0.2, -0.15) is 0 Å². The third-order valence-corrected chi connectivity index (χ3v) is 3.41. The first-order valence-electron chi connectivity index (χ1n) is 7.97. The summed E-state index contributed by atoms with van der Waals surface area (Å²) in [7, 11) is 0. The average molecular weight is 345 g/mol. The van der Waals surface area contributed by atoms with E-state index in [1.165, 1.54) is 30.7 Å². The monoisotopic (exact) mass is 345 g/mol. The van der Waals surface area contributed by atoms with Crippen LogP contribution in [0.5, 0.6) is 5.88 Å². The van der Waals surface area contributed by atoms with Crippen LogP contribution in [0.25, 0.3) is 11.1 Å². The number of rotatable bonds is 8. The second kappa shape index (κ2) is 8.72. The van der Waals surface area contributed by atoms with Crippen molar-refractivity contribution in [3.05, 3.63) is 46.4 Å². The highest BCUT2D eigenvalue weighted by atomic mass is 16.6. The van der Waals surface area contributed by atoms with E-state index in [0.29, 0.717) is 12.2 Å². The molecule has 0 aliphatic heterocycles. The van der Waals surface area contributed by atoms with Gasteiger partial charge in [-0.25, -0.2) is 14.8 Å². The van der Waals surface area contributed by atoms with Crippen LogP contribution >= 0.6 is 0 Å². The van der Waals surface area contributed by atoms with Crippen LogP contribution in [-0.4, -0.2) is 34.1 Å². The van der Waals surface area contributed by atoms with E-state index in [9.17, 15) is 14.9 Å². The van der Waals surface area contributed by atoms with Crippen molar-refractivity contribution in [3.8, 4) is 17.0 Å². The quantitative estimate of drug-likeness (QED) is 0.312. The van der Waals surface area contributed by atoms with Gasteiger partial charge in [0.1, 0.15) is 6.33 Å². The van der Waals surface area contributed by atoms with Crippen LogP contribution in [0.2, 0.25) is 0 Å². The summed E-state index contributed by atoms with van der Waals surface area (Å²) in [6, 6.07) is 4.03. The van der Waals surface area contributed by atoms with Gasteiger partial charge < -0.3 is 9.47 Å². The van der Waals surface area contributed by atoms with Gasteiger partial charge in [0.05, 0.1) is 34.8 Å². The molecule has 0 saturated heterocycles. The third-order valence-electron chi connectivity index (χ3n) is 3.41. The van der Waals surface area contributed by atoms with E-state index >= 15 is 0 Å². The van der Waals surface area contributed by atoms with Gasteiger partial charge in [-0.3, -0.25) is 10.1 Å². The molecule has 0 unspecified atom stereocenters. The van der Waals surface area contributed by atoms with E-state index in [0.717, 1.165) is 12.8 Å². The summed E-state index contributed by atoms with van der Waals surface area (Å²) in [5.74, 6) is -0.309.